The van der Waals surface area contributed by atoms with Gasteiger partial charge in [0.15, 0.2) is 11.5 Å². The summed E-state index contributed by atoms with van der Waals surface area (Å²) in [6, 6.07) is 7.61. The van der Waals surface area contributed by atoms with Crippen LogP contribution in [-0.2, 0) is 0 Å². The zero-order chi connectivity index (χ0) is 20.1. The molecule has 1 fully saturated rings. The Morgan fingerprint density at radius 3 is 2.18 bits per heavy atom. The largest absolute Gasteiger partial charge is 0.493 e. The van der Waals surface area contributed by atoms with Gasteiger partial charge in [0.25, 0.3) is 5.91 Å². The molecule has 6 nitrogen and oxygen atoms in total. The number of carbonyl (C=O) groups excluding carboxylic acids is 1. The number of rotatable bonds is 6. The molecule has 0 unspecified atom stereocenters. The van der Waals surface area contributed by atoms with Gasteiger partial charge in [0, 0.05) is 18.7 Å². The maximum Gasteiger partial charge on any atom is 0.255 e. The molecule has 3 rings (SSSR count). The van der Waals surface area contributed by atoms with Crippen LogP contribution in [-0.4, -0.2) is 40.3 Å². The molecule has 1 aliphatic heterocycles. The molecule has 1 N–H and O–H groups in total. The molecule has 0 bridgehead atoms. The molecule has 150 valence electrons. The van der Waals surface area contributed by atoms with Gasteiger partial charge in [0.2, 0.25) is 5.75 Å². The third kappa shape index (κ3) is 4.13. The summed E-state index contributed by atoms with van der Waals surface area (Å²) in [4.78, 5) is 15.1. The molecular weight excluding hydrogens is 363 g/mol. The smallest absolute Gasteiger partial charge is 0.255 e. The summed E-state index contributed by atoms with van der Waals surface area (Å²) < 4.78 is 29.8. The molecule has 0 saturated carbocycles. The lowest BCUT2D eigenvalue weighted by atomic mass is 10.1. The first-order valence-electron chi connectivity index (χ1n) is 9.23. The molecule has 1 heterocycles. The highest BCUT2D eigenvalue weighted by Gasteiger charge is 2.20. The number of ether oxygens (including phenoxy) is 3. The van der Waals surface area contributed by atoms with E-state index in [1.165, 1.54) is 39.9 Å². The van der Waals surface area contributed by atoms with Crippen molar-refractivity contribution in [2.45, 2.75) is 19.3 Å². The van der Waals surface area contributed by atoms with Gasteiger partial charge in [-0.15, -0.1) is 0 Å². The Labute approximate surface area is 164 Å². The van der Waals surface area contributed by atoms with Crippen molar-refractivity contribution in [1.82, 2.24) is 0 Å². The average Bonchev–Trinajstić information content (AvgIpc) is 2.73. The molecule has 0 aliphatic carbocycles. The molecule has 0 aromatic heterocycles. The maximum atomic E-state index is 13.9. The fourth-order valence-electron chi connectivity index (χ4n) is 3.43. The van der Waals surface area contributed by atoms with Crippen molar-refractivity contribution in [2.24, 2.45) is 0 Å². The highest BCUT2D eigenvalue weighted by Crippen LogP contribution is 2.38. The van der Waals surface area contributed by atoms with Gasteiger partial charge in [0.1, 0.15) is 5.82 Å². The predicted molar refractivity (Wildman–Crippen MR) is 107 cm³/mol. The van der Waals surface area contributed by atoms with Gasteiger partial charge in [-0.2, -0.15) is 0 Å². The SMILES string of the molecule is COc1cc(C(=O)Nc2cc(F)ccc2N2CCCCC2)cc(OC)c1OC. The van der Waals surface area contributed by atoms with E-state index in [9.17, 15) is 9.18 Å². The number of hydrogen-bond acceptors (Lipinski definition) is 5. The van der Waals surface area contributed by atoms with Crippen molar-refractivity contribution in [2.75, 3.05) is 44.6 Å². The van der Waals surface area contributed by atoms with Gasteiger partial charge in [-0.3, -0.25) is 4.79 Å². The van der Waals surface area contributed by atoms with Gasteiger partial charge < -0.3 is 24.4 Å². The van der Waals surface area contributed by atoms with E-state index >= 15 is 0 Å². The van der Waals surface area contributed by atoms with Crippen LogP contribution >= 0.6 is 0 Å². The Balaban J connectivity index is 1.92. The molecule has 28 heavy (non-hydrogen) atoms. The Morgan fingerprint density at radius 2 is 1.61 bits per heavy atom. The second-order valence-corrected chi connectivity index (χ2v) is 6.58. The topological polar surface area (TPSA) is 60.0 Å². The number of nitrogens with one attached hydrogen (secondary N) is 1. The summed E-state index contributed by atoms with van der Waals surface area (Å²) in [6.45, 7) is 1.78. The van der Waals surface area contributed by atoms with Crippen molar-refractivity contribution < 1.29 is 23.4 Å². The van der Waals surface area contributed by atoms with Crippen molar-refractivity contribution in [1.29, 1.82) is 0 Å². The molecule has 2 aromatic carbocycles. The molecule has 7 heteroatoms. The van der Waals surface area contributed by atoms with Gasteiger partial charge in [0.05, 0.1) is 32.7 Å². The lowest BCUT2D eigenvalue weighted by Crippen LogP contribution is -2.30. The van der Waals surface area contributed by atoms with Crippen molar-refractivity contribution in [3.05, 3.63) is 41.7 Å². The molecular formula is C21H25FN2O4. The third-order valence-corrected chi connectivity index (χ3v) is 4.83. The second-order valence-electron chi connectivity index (χ2n) is 6.58. The van der Waals surface area contributed by atoms with Crippen LogP contribution in [0.25, 0.3) is 0 Å². The number of carbonyl (C=O) groups is 1. The number of hydrogen-bond donors (Lipinski definition) is 1. The van der Waals surface area contributed by atoms with Crippen LogP contribution in [0, 0.1) is 5.82 Å². The highest BCUT2D eigenvalue weighted by atomic mass is 19.1. The average molecular weight is 388 g/mol. The van der Waals surface area contributed by atoms with E-state index in [0.717, 1.165) is 31.6 Å². The van der Waals surface area contributed by atoms with Gasteiger partial charge >= 0.3 is 0 Å². The van der Waals surface area contributed by atoms with Crippen LogP contribution in [0.15, 0.2) is 30.3 Å². The van der Waals surface area contributed by atoms with Crippen molar-refractivity contribution in [3.63, 3.8) is 0 Å². The van der Waals surface area contributed by atoms with E-state index in [1.54, 1.807) is 18.2 Å². The molecule has 1 saturated heterocycles. The second kappa shape index (κ2) is 8.82. The number of halogens is 1. The monoisotopic (exact) mass is 388 g/mol. The van der Waals surface area contributed by atoms with Gasteiger partial charge in [-0.05, 0) is 49.6 Å². The van der Waals surface area contributed by atoms with E-state index in [4.69, 9.17) is 14.2 Å². The number of benzene rings is 2. The summed E-state index contributed by atoms with van der Waals surface area (Å²) in [5, 5.41) is 2.83. The maximum absolute atomic E-state index is 13.9. The first-order chi connectivity index (χ1) is 13.6. The molecule has 1 amide bonds. The highest BCUT2D eigenvalue weighted by molar-refractivity contribution is 6.06. The van der Waals surface area contributed by atoms with Gasteiger partial charge in [-0.1, -0.05) is 0 Å². The summed E-state index contributed by atoms with van der Waals surface area (Å²) in [7, 11) is 4.47. The van der Waals surface area contributed by atoms with E-state index in [1.807, 2.05) is 0 Å². The fourth-order valence-corrected chi connectivity index (χ4v) is 3.43. The van der Waals surface area contributed by atoms with E-state index in [0.29, 0.717) is 28.5 Å². The predicted octanol–water partition coefficient (Wildman–Crippen LogP) is 4.09. The lowest BCUT2D eigenvalue weighted by molar-refractivity contribution is 0.102. The minimum Gasteiger partial charge on any atom is -0.493 e. The Bertz CT molecular complexity index is 825. The lowest BCUT2D eigenvalue weighted by Gasteiger charge is -2.30. The Hall–Kier alpha value is -2.96. The van der Waals surface area contributed by atoms with Crippen LogP contribution in [0.3, 0.4) is 0 Å². The molecule has 0 atom stereocenters. The number of anilines is 2. The third-order valence-electron chi connectivity index (χ3n) is 4.83. The first-order valence-corrected chi connectivity index (χ1v) is 9.23. The van der Waals surface area contributed by atoms with Crippen molar-refractivity contribution >= 4 is 17.3 Å². The summed E-state index contributed by atoms with van der Waals surface area (Å²) >= 11 is 0. The summed E-state index contributed by atoms with van der Waals surface area (Å²) in [5.41, 5.74) is 1.59. The first kappa shape index (κ1) is 19.8. The minimum atomic E-state index is -0.402. The zero-order valence-electron chi connectivity index (χ0n) is 16.4. The molecule has 0 radical (unpaired) electrons. The quantitative estimate of drug-likeness (QED) is 0.808. The van der Waals surface area contributed by atoms with Crippen LogP contribution < -0.4 is 24.4 Å². The van der Waals surface area contributed by atoms with E-state index in [2.05, 4.69) is 10.2 Å². The normalized spacial score (nSPS) is 13.8. The molecule has 2 aromatic rings. The number of nitrogens with zero attached hydrogens (tertiary/aromatic N) is 1. The zero-order valence-corrected chi connectivity index (χ0v) is 16.4. The molecule has 0 spiro atoms. The van der Waals surface area contributed by atoms with E-state index < -0.39 is 5.82 Å². The summed E-state index contributed by atoms with van der Waals surface area (Å²) in [6.07, 6.45) is 3.35. The molecule has 1 aliphatic rings. The number of amides is 1. The van der Waals surface area contributed by atoms with Crippen LogP contribution in [0.4, 0.5) is 15.8 Å². The Morgan fingerprint density at radius 1 is 0.964 bits per heavy atom. The Kier molecular flexibility index (Phi) is 6.23. The van der Waals surface area contributed by atoms with E-state index in [-0.39, 0.29) is 5.91 Å². The van der Waals surface area contributed by atoms with Crippen LogP contribution in [0.2, 0.25) is 0 Å². The van der Waals surface area contributed by atoms with Crippen LogP contribution in [0.1, 0.15) is 29.6 Å². The minimum absolute atomic E-state index is 0.323. The van der Waals surface area contributed by atoms with Crippen LogP contribution in [0.5, 0.6) is 17.2 Å². The number of piperidine rings is 1. The van der Waals surface area contributed by atoms with Crippen molar-refractivity contribution in [3.8, 4) is 17.2 Å². The van der Waals surface area contributed by atoms with Gasteiger partial charge in [-0.25, -0.2) is 4.39 Å². The fraction of sp³-hybridized carbons (Fsp3) is 0.381. The number of methoxy groups -OCH3 is 3. The summed E-state index contributed by atoms with van der Waals surface area (Å²) in [5.74, 6) is 0.371. The standard InChI is InChI=1S/C21H25FN2O4/c1-26-18-11-14(12-19(27-2)20(18)28-3)21(25)23-16-13-15(22)7-8-17(16)24-9-5-4-6-10-24/h7-8,11-13H,4-6,9-10H2,1-3H3,(H,23,25).